The van der Waals surface area contributed by atoms with Crippen LogP contribution in [0.5, 0.6) is 0 Å². The first-order valence-corrected chi connectivity index (χ1v) is 13.1. The van der Waals surface area contributed by atoms with Crippen molar-refractivity contribution in [2.45, 2.75) is 117 Å². The summed E-state index contributed by atoms with van der Waals surface area (Å²) >= 11 is 0. The van der Waals surface area contributed by atoms with Crippen molar-refractivity contribution in [3.63, 3.8) is 0 Å². The van der Waals surface area contributed by atoms with E-state index in [1.807, 2.05) is 0 Å². The number of aliphatic hydroxyl groups excluding tert-OH is 1. The Morgan fingerprint density at radius 1 is 0.931 bits per heavy atom. The number of nitrogens with two attached hydrogens (primary N) is 1. The van der Waals surface area contributed by atoms with Crippen molar-refractivity contribution in [1.29, 1.82) is 0 Å². The van der Waals surface area contributed by atoms with E-state index in [9.17, 15) is 5.11 Å². The van der Waals surface area contributed by atoms with Crippen molar-refractivity contribution < 1.29 is 5.11 Å². The second-order valence-corrected chi connectivity index (χ2v) is 12.7. The zero-order valence-electron chi connectivity index (χ0n) is 20.0. The summed E-state index contributed by atoms with van der Waals surface area (Å²) in [6.45, 7) is 12.4. The van der Waals surface area contributed by atoms with Gasteiger partial charge < -0.3 is 10.8 Å². The first-order chi connectivity index (χ1) is 13.7. The average Bonchev–Trinajstić information content (AvgIpc) is 3.00. The molecule has 0 aromatic carbocycles. The maximum atomic E-state index is 11.2. The zero-order valence-corrected chi connectivity index (χ0v) is 20.0. The maximum Gasteiger partial charge on any atom is 0.0599 e. The monoisotopic (exact) mass is 403 g/mol. The summed E-state index contributed by atoms with van der Waals surface area (Å²) in [5.74, 6) is 5.45. The highest BCUT2D eigenvalue weighted by Crippen LogP contribution is 2.68. The lowest BCUT2D eigenvalue weighted by molar-refractivity contribution is -0.170. The number of aliphatic hydroxyl groups is 1. The molecule has 29 heavy (non-hydrogen) atoms. The third-order valence-corrected chi connectivity index (χ3v) is 11.0. The predicted molar refractivity (Wildman–Crippen MR) is 122 cm³/mol. The van der Waals surface area contributed by atoms with Gasteiger partial charge in [-0.15, -0.1) is 0 Å². The molecule has 2 heteroatoms. The molecule has 3 N–H and O–H groups in total. The molecule has 2 unspecified atom stereocenters. The van der Waals surface area contributed by atoms with Gasteiger partial charge in [0.2, 0.25) is 0 Å². The molecule has 4 aliphatic rings. The van der Waals surface area contributed by atoms with E-state index in [1.165, 1.54) is 64.2 Å². The van der Waals surface area contributed by atoms with E-state index in [0.29, 0.717) is 23.3 Å². The number of rotatable bonds is 5. The van der Waals surface area contributed by atoms with Gasteiger partial charge >= 0.3 is 0 Å². The molecule has 4 rings (SSSR count). The van der Waals surface area contributed by atoms with Gasteiger partial charge in [0, 0.05) is 11.5 Å². The van der Waals surface area contributed by atoms with Crippen LogP contribution in [0.1, 0.15) is 105 Å². The molecule has 0 bridgehead atoms. The summed E-state index contributed by atoms with van der Waals surface area (Å²) in [6, 6.07) is 0.307. The zero-order chi connectivity index (χ0) is 21.0. The van der Waals surface area contributed by atoms with Crippen LogP contribution in [0.15, 0.2) is 0 Å². The van der Waals surface area contributed by atoms with Gasteiger partial charge in [-0.25, -0.2) is 0 Å². The lowest BCUT2D eigenvalue weighted by atomic mass is 9.43. The van der Waals surface area contributed by atoms with Crippen LogP contribution in [0, 0.1) is 52.3 Å². The fourth-order valence-electron chi connectivity index (χ4n) is 9.49. The fraction of sp³-hybridized carbons (Fsp3) is 1.00. The van der Waals surface area contributed by atoms with Crippen LogP contribution in [-0.2, 0) is 0 Å². The van der Waals surface area contributed by atoms with E-state index < -0.39 is 0 Å². The molecule has 4 aliphatic carbocycles. The minimum absolute atomic E-state index is 0.0723. The Balaban J connectivity index is 1.52. The molecule has 0 saturated heterocycles. The van der Waals surface area contributed by atoms with Crippen molar-refractivity contribution >= 4 is 0 Å². The Kier molecular flexibility index (Phi) is 6.19. The SMILES string of the molecule is CC(C)CCC[C@@H](C)[C@H]1CC[C@H]2[C@@H]3C[C@H](N)C4CCCC(O)[C@]4(C)[C@H]3CC[C@]12C. The normalized spacial score (nSPS) is 50.7. The fourth-order valence-corrected chi connectivity index (χ4v) is 9.49. The van der Waals surface area contributed by atoms with E-state index >= 15 is 0 Å². The third kappa shape index (κ3) is 3.53. The van der Waals surface area contributed by atoms with Gasteiger partial charge in [0.15, 0.2) is 0 Å². The van der Waals surface area contributed by atoms with Gasteiger partial charge in [-0.2, -0.15) is 0 Å². The molecular formula is C27H49NO. The largest absolute Gasteiger partial charge is 0.393 e. The van der Waals surface area contributed by atoms with E-state index in [0.717, 1.165) is 36.0 Å². The second kappa shape index (κ2) is 8.12. The third-order valence-electron chi connectivity index (χ3n) is 11.0. The lowest BCUT2D eigenvalue weighted by Gasteiger charge is -2.63. The molecule has 0 radical (unpaired) electrons. The van der Waals surface area contributed by atoms with Crippen LogP contribution in [0.4, 0.5) is 0 Å². The summed E-state index contributed by atoms with van der Waals surface area (Å²) in [7, 11) is 0. The summed E-state index contributed by atoms with van der Waals surface area (Å²) in [4.78, 5) is 0. The summed E-state index contributed by atoms with van der Waals surface area (Å²) in [5, 5.41) is 11.2. The highest BCUT2D eigenvalue weighted by molar-refractivity contribution is 5.13. The second-order valence-electron chi connectivity index (χ2n) is 12.7. The predicted octanol–water partition coefficient (Wildman–Crippen LogP) is 6.41. The Labute approximate surface area is 180 Å². The van der Waals surface area contributed by atoms with Gasteiger partial charge in [0.1, 0.15) is 0 Å². The Morgan fingerprint density at radius 3 is 2.41 bits per heavy atom. The van der Waals surface area contributed by atoms with Crippen molar-refractivity contribution in [3.05, 3.63) is 0 Å². The van der Waals surface area contributed by atoms with Gasteiger partial charge in [-0.3, -0.25) is 0 Å². The molecule has 10 atom stereocenters. The Hall–Kier alpha value is -0.0800. The van der Waals surface area contributed by atoms with Gasteiger partial charge in [-0.05, 0) is 91.8 Å². The highest BCUT2D eigenvalue weighted by Gasteiger charge is 2.63. The number of hydrogen-bond acceptors (Lipinski definition) is 2. The van der Waals surface area contributed by atoms with Crippen molar-refractivity contribution in [1.82, 2.24) is 0 Å². The minimum Gasteiger partial charge on any atom is -0.393 e. The van der Waals surface area contributed by atoms with Gasteiger partial charge in [-0.1, -0.05) is 60.3 Å². The van der Waals surface area contributed by atoms with Crippen LogP contribution < -0.4 is 5.73 Å². The standard InChI is InChI=1S/C27H49NO/c1-17(2)8-6-9-18(3)20-12-13-21-19-16-24(28)23-10-7-11-25(29)27(23,5)22(19)14-15-26(20,21)4/h17-25,29H,6-16,28H2,1-5H3/t18-,19+,20-,21+,22+,23?,24+,25?,26-,27-/m1/s1. The minimum atomic E-state index is -0.128. The molecule has 2 nitrogen and oxygen atoms in total. The molecule has 4 fully saturated rings. The first kappa shape index (κ1) is 22.1. The van der Waals surface area contributed by atoms with E-state index in [-0.39, 0.29) is 11.5 Å². The molecule has 0 amide bonds. The Morgan fingerprint density at radius 2 is 1.69 bits per heavy atom. The first-order valence-electron chi connectivity index (χ1n) is 13.1. The molecule has 0 heterocycles. The van der Waals surface area contributed by atoms with E-state index in [1.54, 1.807) is 0 Å². The highest BCUT2D eigenvalue weighted by atomic mass is 16.3. The lowest BCUT2D eigenvalue weighted by Crippen LogP contribution is -2.63. The van der Waals surface area contributed by atoms with Crippen LogP contribution in [0.2, 0.25) is 0 Å². The van der Waals surface area contributed by atoms with Crippen LogP contribution in [-0.4, -0.2) is 17.3 Å². The van der Waals surface area contributed by atoms with Gasteiger partial charge in [0.25, 0.3) is 0 Å². The molecular weight excluding hydrogens is 354 g/mol. The number of hydrogen-bond donors (Lipinski definition) is 2. The molecule has 168 valence electrons. The van der Waals surface area contributed by atoms with E-state index in [4.69, 9.17) is 5.73 Å². The molecule has 0 aromatic heterocycles. The number of fused-ring (bicyclic) bond motifs is 5. The molecule has 0 aliphatic heterocycles. The molecule has 0 aromatic rings. The maximum absolute atomic E-state index is 11.2. The van der Waals surface area contributed by atoms with Crippen LogP contribution >= 0.6 is 0 Å². The quantitative estimate of drug-likeness (QED) is 0.557. The summed E-state index contributed by atoms with van der Waals surface area (Å²) in [6.07, 6.45) is 14.3. The van der Waals surface area contributed by atoms with Gasteiger partial charge in [0.05, 0.1) is 6.10 Å². The van der Waals surface area contributed by atoms with Crippen molar-refractivity contribution in [2.24, 2.45) is 58.0 Å². The average molecular weight is 404 g/mol. The van der Waals surface area contributed by atoms with Crippen LogP contribution in [0.25, 0.3) is 0 Å². The van der Waals surface area contributed by atoms with E-state index in [2.05, 4.69) is 34.6 Å². The van der Waals surface area contributed by atoms with Crippen molar-refractivity contribution in [3.8, 4) is 0 Å². The van der Waals surface area contributed by atoms with Crippen LogP contribution in [0.3, 0.4) is 0 Å². The summed E-state index contributed by atoms with van der Waals surface area (Å²) in [5.41, 5.74) is 7.43. The topological polar surface area (TPSA) is 46.2 Å². The summed E-state index contributed by atoms with van der Waals surface area (Å²) < 4.78 is 0. The molecule has 0 spiro atoms. The smallest absolute Gasteiger partial charge is 0.0599 e. The van der Waals surface area contributed by atoms with Crippen molar-refractivity contribution in [2.75, 3.05) is 0 Å². The Bertz CT molecular complexity index is 575. The molecule has 4 saturated carbocycles.